The highest BCUT2D eigenvalue weighted by molar-refractivity contribution is 14.0. The quantitative estimate of drug-likeness (QED) is 0.247. The third kappa shape index (κ3) is 8.29. The Bertz CT molecular complexity index is 699. The Labute approximate surface area is 192 Å². The van der Waals surface area contributed by atoms with Crippen molar-refractivity contribution in [2.45, 2.75) is 33.2 Å². The van der Waals surface area contributed by atoms with E-state index in [-0.39, 0.29) is 48.4 Å². The second-order valence-electron chi connectivity index (χ2n) is 7.11. The molecule has 0 amide bonds. The van der Waals surface area contributed by atoms with E-state index in [1.807, 2.05) is 26.0 Å². The fourth-order valence-electron chi connectivity index (χ4n) is 3.22. The Morgan fingerprint density at radius 1 is 1.23 bits per heavy atom. The molecule has 6 nitrogen and oxygen atoms in total. The summed E-state index contributed by atoms with van der Waals surface area (Å²) in [6, 6.07) is 7.12. The number of ether oxygens (including phenoxy) is 2. The van der Waals surface area contributed by atoms with Gasteiger partial charge in [0.1, 0.15) is 6.61 Å². The molecule has 2 atom stereocenters. The maximum atomic E-state index is 12.1. The molecule has 0 radical (unpaired) electrons. The van der Waals surface area contributed by atoms with Gasteiger partial charge >= 0.3 is 12.1 Å². The van der Waals surface area contributed by atoms with E-state index >= 15 is 0 Å². The van der Waals surface area contributed by atoms with Gasteiger partial charge in [0.2, 0.25) is 0 Å². The molecule has 0 bridgehead atoms. The van der Waals surface area contributed by atoms with Crippen LogP contribution in [0.3, 0.4) is 0 Å². The minimum Gasteiger partial charge on any atom is -0.469 e. The number of methoxy groups -OCH3 is 1. The van der Waals surface area contributed by atoms with E-state index in [2.05, 4.69) is 19.9 Å². The highest BCUT2D eigenvalue weighted by Gasteiger charge is 2.36. The molecule has 0 spiro atoms. The molecule has 2 unspecified atom stereocenters. The van der Waals surface area contributed by atoms with Crippen LogP contribution in [0.2, 0.25) is 0 Å². The second-order valence-corrected chi connectivity index (χ2v) is 7.11. The summed E-state index contributed by atoms with van der Waals surface area (Å²) in [5.74, 6) is 0.504. The van der Waals surface area contributed by atoms with Crippen LogP contribution in [-0.2, 0) is 27.4 Å². The van der Waals surface area contributed by atoms with Gasteiger partial charge in [-0.2, -0.15) is 13.2 Å². The molecule has 0 aliphatic carbocycles. The minimum atomic E-state index is -4.32. The summed E-state index contributed by atoms with van der Waals surface area (Å²) in [7, 11) is 1.40. The third-order valence-electron chi connectivity index (χ3n) is 4.72. The van der Waals surface area contributed by atoms with Gasteiger partial charge in [-0.3, -0.25) is 4.79 Å². The summed E-state index contributed by atoms with van der Waals surface area (Å²) in [5, 5.41) is 3.24. The molecule has 1 aromatic rings. The summed E-state index contributed by atoms with van der Waals surface area (Å²) in [6.45, 7) is 5.02. The molecule has 1 heterocycles. The fourth-order valence-corrected chi connectivity index (χ4v) is 3.22. The number of benzene rings is 1. The molecule has 170 valence electrons. The van der Waals surface area contributed by atoms with Crippen molar-refractivity contribution in [1.29, 1.82) is 0 Å². The van der Waals surface area contributed by atoms with Crippen molar-refractivity contribution in [2.75, 3.05) is 33.4 Å². The fraction of sp³-hybridized carbons (Fsp3) is 0.600. The number of carbonyl (C=O) groups excluding carboxylic acids is 1. The number of aliphatic imine (C=N–C) groups is 1. The van der Waals surface area contributed by atoms with Gasteiger partial charge in [0.15, 0.2) is 5.96 Å². The lowest BCUT2D eigenvalue weighted by atomic mass is 9.99. The van der Waals surface area contributed by atoms with Crippen LogP contribution in [0.4, 0.5) is 13.2 Å². The lowest BCUT2D eigenvalue weighted by molar-refractivity contribution is -0.176. The topological polar surface area (TPSA) is 63.2 Å². The number of likely N-dealkylation sites (tertiary alicyclic amines) is 1. The molecule has 1 N–H and O–H groups in total. The first kappa shape index (κ1) is 26.5. The third-order valence-corrected chi connectivity index (χ3v) is 4.72. The standard InChI is InChI=1S/C20H28F3N3O3.HI/c1-4-24-19(26-10-14(2)17(11-26)18(27)28-3)25-9-15-5-7-16(8-6-15)12-29-13-20(21,22)23;/h5-8,14,17H,4,9-13H2,1-3H3,(H,24,25);1H. The van der Waals surface area contributed by atoms with Crippen LogP contribution in [0.1, 0.15) is 25.0 Å². The summed E-state index contributed by atoms with van der Waals surface area (Å²) < 4.78 is 45.9. The molecule has 30 heavy (non-hydrogen) atoms. The summed E-state index contributed by atoms with van der Waals surface area (Å²) >= 11 is 0. The number of alkyl halides is 3. The van der Waals surface area contributed by atoms with Crippen molar-refractivity contribution in [3.63, 3.8) is 0 Å². The maximum Gasteiger partial charge on any atom is 0.411 e. The van der Waals surface area contributed by atoms with Crippen molar-refractivity contribution < 1.29 is 27.4 Å². The zero-order chi connectivity index (χ0) is 21.4. The van der Waals surface area contributed by atoms with E-state index in [0.29, 0.717) is 31.7 Å². The van der Waals surface area contributed by atoms with Gasteiger partial charge in [0.25, 0.3) is 0 Å². The monoisotopic (exact) mass is 543 g/mol. The van der Waals surface area contributed by atoms with Gasteiger partial charge < -0.3 is 19.7 Å². The van der Waals surface area contributed by atoms with Gasteiger partial charge in [0.05, 0.1) is 26.2 Å². The Kier molecular flexibility index (Phi) is 10.9. The van der Waals surface area contributed by atoms with Crippen LogP contribution in [0.25, 0.3) is 0 Å². The van der Waals surface area contributed by atoms with E-state index in [1.165, 1.54) is 7.11 Å². The molecular weight excluding hydrogens is 514 g/mol. The van der Waals surface area contributed by atoms with Crippen LogP contribution in [0.5, 0.6) is 0 Å². The van der Waals surface area contributed by atoms with Crippen molar-refractivity contribution in [1.82, 2.24) is 10.2 Å². The van der Waals surface area contributed by atoms with Gasteiger partial charge in [-0.15, -0.1) is 24.0 Å². The molecule has 2 rings (SSSR count). The number of nitrogens with zero attached hydrogens (tertiary/aromatic N) is 2. The van der Waals surface area contributed by atoms with Crippen molar-refractivity contribution in [3.8, 4) is 0 Å². The van der Waals surface area contributed by atoms with E-state index in [4.69, 9.17) is 4.74 Å². The highest BCUT2D eigenvalue weighted by atomic mass is 127. The maximum absolute atomic E-state index is 12.1. The molecule has 1 aliphatic rings. The number of esters is 1. The molecule has 0 aromatic heterocycles. The molecule has 0 saturated carbocycles. The molecule has 1 fully saturated rings. The first-order chi connectivity index (χ1) is 13.7. The van der Waals surface area contributed by atoms with Crippen molar-refractivity contribution in [2.24, 2.45) is 16.8 Å². The zero-order valence-corrected chi connectivity index (χ0v) is 19.7. The van der Waals surface area contributed by atoms with E-state index in [1.54, 1.807) is 12.1 Å². The molecular formula is C20H29F3IN3O3. The molecule has 10 heteroatoms. The highest BCUT2D eigenvalue weighted by Crippen LogP contribution is 2.24. The normalized spacial score (nSPS) is 19.4. The van der Waals surface area contributed by atoms with Crippen LogP contribution >= 0.6 is 24.0 Å². The molecule has 1 saturated heterocycles. The van der Waals surface area contributed by atoms with Crippen molar-refractivity contribution >= 4 is 35.9 Å². The van der Waals surface area contributed by atoms with Crippen molar-refractivity contribution in [3.05, 3.63) is 35.4 Å². The SMILES string of the molecule is CCNC(=NCc1ccc(COCC(F)(F)F)cc1)N1CC(C)C(C(=O)OC)C1.I. The predicted octanol–water partition coefficient (Wildman–Crippen LogP) is 3.59. The minimum absolute atomic E-state index is 0. The lowest BCUT2D eigenvalue weighted by Gasteiger charge is -2.21. The zero-order valence-electron chi connectivity index (χ0n) is 17.4. The van der Waals surface area contributed by atoms with Crippen LogP contribution in [0, 0.1) is 11.8 Å². The Morgan fingerprint density at radius 3 is 2.43 bits per heavy atom. The smallest absolute Gasteiger partial charge is 0.411 e. The van der Waals surface area contributed by atoms with E-state index in [0.717, 1.165) is 11.5 Å². The number of hydrogen-bond donors (Lipinski definition) is 1. The van der Waals surface area contributed by atoms with Gasteiger partial charge in [-0.1, -0.05) is 31.2 Å². The second kappa shape index (κ2) is 12.3. The number of hydrogen-bond acceptors (Lipinski definition) is 4. The number of halogens is 4. The lowest BCUT2D eigenvalue weighted by Crippen LogP contribution is -2.40. The summed E-state index contributed by atoms with van der Waals surface area (Å²) in [6.07, 6.45) is -4.32. The first-order valence-corrected chi connectivity index (χ1v) is 9.57. The summed E-state index contributed by atoms with van der Waals surface area (Å²) in [4.78, 5) is 18.6. The Balaban J connectivity index is 0.00000450. The van der Waals surface area contributed by atoms with Crippen LogP contribution in [-0.4, -0.2) is 56.4 Å². The average molecular weight is 543 g/mol. The predicted molar refractivity (Wildman–Crippen MR) is 119 cm³/mol. The summed E-state index contributed by atoms with van der Waals surface area (Å²) in [5.41, 5.74) is 1.60. The molecule has 1 aliphatic heterocycles. The first-order valence-electron chi connectivity index (χ1n) is 9.57. The van der Waals surface area contributed by atoms with E-state index in [9.17, 15) is 18.0 Å². The van der Waals surface area contributed by atoms with E-state index < -0.39 is 12.8 Å². The van der Waals surface area contributed by atoms with Gasteiger partial charge in [-0.25, -0.2) is 4.99 Å². The molecule has 1 aromatic carbocycles. The van der Waals surface area contributed by atoms with Crippen LogP contribution in [0.15, 0.2) is 29.3 Å². The number of guanidine groups is 1. The largest absolute Gasteiger partial charge is 0.469 e. The van der Waals surface area contributed by atoms with Crippen LogP contribution < -0.4 is 5.32 Å². The Hall–Kier alpha value is -1.56. The number of nitrogens with one attached hydrogen (secondary N) is 1. The van der Waals surface area contributed by atoms with Gasteiger partial charge in [-0.05, 0) is 24.0 Å². The van der Waals surface area contributed by atoms with Gasteiger partial charge in [0, 0.05) is 19.6 Å². The number of carbonyl (C=O) groups is 1. The number of rotatable bonds is 7. The average Bonchev–Trinajstić information content (AvgIpc) is 3.06. The Morgan fingerprint density at radius 2 is 1.87 bits per heavy atom.